The second kappa shape index (κ2) is 5.08. The monoisotopic (exact) mass is 267 g/mol. The summed E-state index contributed by atoms with van der Waals surface area (Å²) in [7, 11) is 1.78. The lowest BCUT2D eigenvalue weighted by Gasteiger charge is -2.06. The van der Waals surface area contributed by atoms with E-state index in [1.807, 2.05) is 18.2 Å². The molecule has 0 radical (unpaired) electrons. The molecule has 0 unspecified atom stereocenters. The molecule has 100 valence electrons. The Morgan fingerprint density at radius 3 is 2.75 bits per heavy atom. The molecular formula is C14H13N5O. The average molecular weight is 267 g/mol. The van der Waals surface area contributed by atoms with Gasteiger partial charge in [-0.05, 0) is 12.1 Å². The molecule has 6 nitrogen and oxygen atoms in total. The Morgan fingerprint density at radius 1 is 1.15 bits per heavy atom. The first kappa shape index (κ1) is 12.3. The Hall–Kier alpha value is -2.76. The summed E-state index contributed by atoms with van der Waals surface area (Å²) in [6, 6.07) is 7.29. The molecule has 0 amide bonds. The first-order valence-electron chi connectivity index (χ1n) is 6.21. The van der Waals surface area contributed by atoms with Crippen LogP contribution in [0.15, 0.2) is 47.8 Å². The lowest BCUT2D eigenvalue weighted by molar-refractivity contribution is 0.726. The molecule has 0 spiro atoms. The van der Waals surface area contributed by atoms with E-state index in [9.17, 15) is 4.79 Å². The fraction of sp³-hybridized carbons (Fsp3) is 0.143. The van der Waals surface area contributed by atoms with Gasteiger partial charge in [0.05, 0.1) is 41.9 Å². The highest BCUT2D eigenvalue weighted by atomic mass is 16.1. The normalized spacial score (nSPS) is 10.7. The van der Waals surface area contributed by atoms with Crippen LogP contribution in [0.1, 0.15) is 5.69 Å². The number of aromatic nitrogens is 4. The molecule has 1 N–H and O–H groups in total. The molecular weight excluding hydrogens is 254 g/mol. The van der Waals surface area contributed by atoms with Crippen molar-refractivity contribution in [1.29, 1.82) is 0 Å². The highest BCUT2D eigenvalue weighted by Gasteiger charge is 2.05. The average Bonchev–Trinajstić information content (AvgIpc) is 2.51. The second-order valence-corrected chi connectivity index (χ2v) is 4.34. The molecule has 0 fully saturated rings. The Labute approximate surface area is 115 Å². The van der Waals surface area contributed by atoms with Crippen molar-refractivity contribution in [2.24, 2.45) is 0 Å². The highest BCUT2D eigenvalue weighted by molar-refractivity contribution is 5.76. The second-order valence-electron chi connectivity index (χ2n) is 4.34. The van der Waals surface area contributed by atoms with Crippen LogP contribution in [0, 0.1) is 0 Å². The number of nitrogens with one attached hydrogen (secondary N) is 1. The van der Waals surface area contributed by atoms with Crippen LogP contribution in [-0.4, -0.2) is 26.6 Å². The summed E-state index contributed by atoms with van der Waals surface area (Å²) < 4.78 is 1.53. The van der Waals surface area contributed by atoms with E-state index in [0.717, 1.165) is 0 Å². The molecule has 3 rings (SSSR count). The summed E-state index contributed by atoms with van der Waals surface area (Å²) in [4.78, 5) is 25.0. The number of nitrogens with zero attached hydrogens (tertiary/aromatic N) is 4. The summed E-state index contributed by atoms with van der Waals surface area (Å²) in [5, 5.41) is 3.51. The minimum absolute atomic E-state index is 0.0740. The Kier molecular flexibility index (Phi) is 3.12. The lowest BCUT2D eigenvalue weighted by Crippen LogP contribution is -2.21. The molecule has 2 aromatic heterocycles. The molecule has 3 aromatic rings. The van der Waals surface area contributed by atoms with Gasteiger partial charge in [0.2, 0.25) is 0 Å². The number of para-hydroxylation sites is 1. The largest absolute Gasteiger partial charge is 0.372 e. The molecule has 0 aliphatic carbocycles. The number of anilines is 1. The zero-order valence-electron chi connectivity index (χ0n) is 10.9. The standard InChI is InChI=1S/C14H13N5O/c1-15-13-7-16-10(6-17-13)8-19-9-18-12-5-3-2-4-11(12)14(19)20/h2-7,9H,8H2,1H3,(H,15,17). The van der Waals surface area contributed by atoms with E-state index >= 15 is 0 Å². The minimum Gasteiger partial charge on any atom is -0.372 e. The van der Waals surface area contributed by atoms with Gasteiger partial charge in [0.25, 0.3) is 5.56 Å². The van der Waals surface area contributed by atoms with Crippen LogP contribution in [0.2, 0.25) is 0 Å². The predicted octanol–water partition coefficient (Wildman–Crippen LogP) is 1.28. The molecule has 0 saturated carbocycles. The van der Waals surface area contributed by atoms with Gasteiger partial charge in [-0.15, -0.1) is 0 Å². The molecule has 1 aromatic carbocycles. The maximum absolute atomic E-state index is 12.3. The van der Waals surface area contributed by atoms with Crippen molar-refractivity contribution < 1.29 is 0 Å². The van der Waals surface area contributed by atoms with E-state index in [4.69, 9.17) is 0 Å². The van der Waals surface area contributed by atoms with Gasteiger partial charge < -0.3 is 5.32 Å². The third-order valence-electron chi connectivity index (χ3n) is 3.03. The van der Waals surface area contributed by atoms with Crippen molar-refractivity contribution >= 4 is 16.7 Å². The summed E-state index contributed by atoms with van der Waals surface area (Å²) in [6.45, 7) is 0.355. The quantitative estimate of drug-likeness (QED) is 0.773. The number of hydrogen-bond acceptors (Lipinski definition) is 5. The van der Waals surface area contributed by atoms with Crippen molar-refractivity contribution in [2.45, 2.75) is 6.54 Å². The fourth-order valence-corrected chi connectivity index (χ4v) is 1.96. The van der Waals surface area contributed by atoms with E-state index in [1.165, 1.54) is 4.57 Å². The van der Waals surface area contributed by atoms with Crippen LogP contribution in [0.4, 0.5) is 5.82 Å². The first-order valence-corrected chi connectivity index (χ1v) is 6.21. The first-order chi connectivity index (χ1) is 9.78. The topological polar surface area (TPSA) is 72.7 Å². The lowest BCUT2D eigenvalue weighted by atomic mass is 10.2. The maximum atomic E-state index is 12.3. The van der Waals surface area contributed by atoms with Gasteiger partial charge in [0.15, 0.2) is 0 Å². The molecule has 0 saturated heterocycles. The third kappa shape index (κ3) is 2.23. The predicted molar refractivity (Wildman–Crippen MR) is 76.7 cm³/mol. The maximum Gasteiger partial charge on any atom is 0.261 e. The van der Waals surface area contributed by atoms with E-state index in [1.54, 1.807) is 31.8 Å². The van der Waals surface area contributed by atoms with Gasteiger partial charge in [-0.3, -0.25) is 14.3 Å². The molecule has 20 heavy (non-hydrogen) atoms. The van der Waals surface area contributed by atoms with Crippen molar-refractivity contribution in [2.75, 3.05) is 12.4 Å². The third-order valence-corrected chi connectivity index (χ3v) is 3.03. The molecule has 2 heterocycles. The SMILES string of the molecule is CNc1cnc(Cn2cnc3ccccc3c2=O)cn1. The Balaban J connectivity index is 1.98. The number of rotatable bonds is 3. The molecule has 0 aliphatic heterocycles. The summed E-state index contributed by atoms with van der Waals surface area (Å²) in [6.07, 6.45) is 4.82. The van der Waals surface area contributed by atoms with Gasteiger partial charge in [0, 0.05) is 7.05 Å². The van der Waals surface area contributed by atoms with Crippen LogP contribution in [0.5, 0.6) is 0 Å². The molecule has 0 aliphatic rings. The Bertz CT molecular complexity index is 795. The molecule has 0 atom stereocenters. The van der Waals surface area contributed by atoms with Crippen molar-refractivity contribution in [3.05, 3.63) is 59.0 Å². The number of hydrogen-bond donors (Lipinski definition) is 1. The van der Waals surface area contributed by atoms with Crippen LogP contribution >= 0.6 is 0 Å². The molecule has 6 heteroatoms. The van der Waals surface area contributed by atoms with Gasteiger partial charge in [0.1, 0.15) is 5.82 Å². The van der Waals surface area contributed by atoms with Crippen molar-refractivity contribution in [3.63, 3.8) is 0 Å². The number of benzene rings is 1. The van der Waals surface area contributed by atoms with Crippen LogP contribution in [0.3, 0.4) is 0 Å². The highest BCUT2D eigenvalue weighted by Crippen LogP contribution is 2.06. The van der Waals surface area contributed by atoms with E-state index < -0.39 is 0 Å². The van der Waals surface area contributed by atoms with Crippen molar-refractivity contribution in [3.8, 4) is 0 Å². The van der Waals surface area contributed by atoms with Gasteiger partial charge >= 0.3 is 0 Å². The van der Waals surface area contributed by atoms with Crippen LogP contribution in [0.25, 0.3) is 10.9 Å². The summed E-state index contributed by atoms with van der Waals surface area (Å²) in [5.41, 5.74) is 1.34. The fourth-order valence-electron chi connectivity index (χ4n) is 1.96. The number of fused-ring (bicyclic) bond motifs is 1. The van der Waals surface area contributed by atoms with E-state index in [-0.39, 0.29) is 5.56 Å². The summed E-state index contributed by atoms with van der Waals surface area (Å²) >= 11 is 0. The van der Waals surface area contributed by atoms with E-state index in [0.29, 0.717) is 29.0 Å². The van der Waals surface area contributed by atoms with Crippen LogP contribution < -0.4 is 10.9 Å². The smallest absolute Gasteiger partial charge is 0.261 e. The van der Waals surface area contributed by atoms with Gasteiger partial charge in [-0.25, -0.2) is 9.97 Å². The van der Waals surface area contributed by atoms with Crippen LogP contribution in [-0.2, 0) is 6.54 Å². The Morgan fingerprint density at radius 2 is 2.00 bits per heavy atom. The zero-order valence-corrected chi connectivity index (χ0v) is 10.9. The van der Waals surface area contributed by atoms with Gasteiger partial charge in [-0.2, -0.15) is 0 Å². The zero-order chi connectivity index (χ0) is 13.9. The minimum atomic E-state index is -0.0740. The molecule has 0 bridgehead atoms. The van der Waals surface area contributed by atoms with Crippen molar-refractivity contribution in [1.82, 2.24) is 19.5 Å². The van der Waals surface area contributed by atoms with E-state index in [2.05, 4.69) is 20.3 Å². The summed E-state index contributed by atoms with van der Waals surface area (Å²) in [5.74, 6) is 0.692. The van der Waals surface area contributed by atoms with Gasteiger partial charge in [-0.1, -0.05) is 12.1 Å².